The van der Waals surface area contributed by atoms with Gasteiger partial charge in [0.05, 0.1) is 29.6 Å². The van der Waals surface area contributed by atoms with Gasteiger partial charge in [0.15, 0.2) is 0 Å². The van der Waals surface area contributed by atoms with Gasteiger partial charge in [-0.25, -0.2) is 0 Å². The summed E-state index contributed by atoms with van der Waals surface area (Å²) in [5.74, 6) is 0. The molecule has 5 heteroatoms. The van der Waals surface area contributed by atoms with Crippen LogP contribution >= 0.6 is 11.6 Å². The minimum atomic E-state index is 0.580. The molecule has 0 aliphatic rings. The molecule has 0 radical (unpaired) electrons. The SMILES string of the molecule is CCONCc1c(Cl)c(CC)nn1C. The number of hydrogen-bond acceptors (Lipinski definition) is 3. The second-order valence-corrected chi connectivity index (χ2v) is 3.32. The molecule has 0 saturated carbocycles. The predicted octanol–water partition coefficient (Wildman–Crippen LogP) is 1.68. The fourth-order valence-electron chi connectivity index (χ4n) is 1.23. The molecule has 1 aromatic heterocycles. The maximum Gasteiger partial charge on any atom is 0.0863 e. The third-order valence-electron chi connectivity index (χ3n) is 1.99. The Morgan fingerprint density at radius 1 is 1.50 bits per heavy atom. The fourth-order valence-corrected chi connectivity index (χ4v) is 1.59. The first-order chi connectivity index (χ1) is 6.70. The van der Waals surface area contributed by atoms with Gasteiger partial charge >= 0.3 is 0 Å². The molecule has 0 aromatic carbocycles. The smallest absolute Gasteiger partial charge is 0.0863 e. The summed E-state index contributed by atoms with van der Waals surface area (Å²) in [6, 6.07) is 0. The first kappa shape index (κ1) is 11.5. The lowest BCUT2D eigenvalue weighted by atomic mass is 10.3. The zero-order valence-electron chi connectivity index (χ0n) is 8.80. The minimum Gasteiger partial charge on any atom is -0.302 e. The van der Waals surface area contributed by atoms with Gasteiger partial charge in [-0.05, 0) is 13.3 Å². The zero-order chi connectivity index (χ0) is 10.6. The summed E-state index contributed by atoms with van der Waals surface area (Å²) in [7, 11) is 1.88. The number of halogens is 1. The lowest BCUT2D eigenvalue weighted by Crippen LogP contribution is -2.16. The van der Waals surface area contributed by atoms with Gasteiger partial charge in [-0.3, -0.25) is 4.68 Å². The highest BCUT2D eigenvalue weighted by Crippen LogP contribution is 2.20. The van der Waals surface area contributed by atoms with Crippen LogP contribution in [0.1, 0.15) is 25.2 Å². The highest BCUT2D eigenvalue weighted by Gasteiger charge is 2.11. The number of aryl methyl sites for hydroxylation is 2. The summed E-state index contributed by atoms with van der Waals surface area (Å²) in [4.78, 5) is 5.04. The van der Waals surface area contributed by atoms with Crippen molar-refractivity contribution in [1.82, 2.24) is 15.3 Å². The molecule has 0 amide bonds. The molecule has 1 N–H and O–H groups in total. The Morgan fingerprint density at radius 3 is 2.71 bits per heavy atom. The number of nitrogens with zero attached hydrogens (tertiary/aromatic N) is 2. The molecule has 0 unspecified atom stereocenters. The van der Waals surface area contributed by atoms with E-state index in [0.717, 1.165) is 22.8 Å². The van der Waals surface area contributed by atoms with Crippen LogP contribution in [0.3, 0.4) is 0 Å². The molecule has 1 heterocycles. The number of nitrogens with one attached hydrogen (secondary N) is 1. The number of aromatic nitrogens is 2. The topological polar surface area (TPSA) is 39.1 Å². The van der Waals surface area contributed by atoms with Crippen LogP contribution in [0.25, 0.3) is 0 Å². The lowest BCUT2D eigenvalue weighted by Gasteiger charge is -2.04. The van der Waals surface area contributed by atoms with Crippen molar-refractivity contribution in [3.05, 3.63) is 16.4 Å². The van der Waals surface area contributed by atoms with Crippen LogP contribution in [0, 0.1) is 0 Å². The zero-order valence-corrected chi connectivity index (χ0v) is 9.56. The normalized spacial score (nSPS) is 10.9. The Kier molecular flexibility index (Phi) is 4.38. The van der Waals surface area contributed by atoms with Crippen molar-refractivity contribution in [2.75, 3.05) is 6.61 Å². The van der Waals surface area contributed by atoms with Crippen molar-refractivity contribution in [3.8, 4) is 0 Å². The number of rotatable bonds is 5. The highest BCUT2D eigenvalue weighted by atomic mass is 35.5. The molecule has 0 atom stereocenters. The highest BCUT2D eigenvalue weighted by molar-refractivity contribution is 6.31. The maximum atomic E-state index is 6.13. The van der Waals surface area contributed by atoms with Crippen LogP contribution in [-0.2, 0) is 24.9 Å². The molecule has 0 aliphatic carbocycles. The molecule has 80 valence electrons. The molecule has 14 heavy (non-hydrogen) atoms. The first-order valence-corrected chi connectivity index (χ1v) is 5.13. The molecule has 0 aliphatic heterocycles. The van der Waals surface area contributed by atoms with Gasteiger partial charge in [-0.2, -0.15) is 10.6 Å². The number of hydroxylamine groups is 1. The number of hydrogen-bond donors (Lipinski definition) is 1. The van der Waals surface area contributed by atoms with E-state index in [0.29, 0.717) is 13.2 Å². The summed E-state index contributed by atoms with van der Waals surface area (Å²) >= 11 is 6.13. The second kappa shape index (κ2) is 5.34. The maximum absolute atomic E-state index is 6.13. The molecule has 0 saturated heterocycles. The molecular weight excluding hydrogens is 202 g/mol. The van der Waals surface area contributed by atoms with E-state index in [2.05, 4.69) is 10.6 Å². The monoisotopic (exact) mass is 217 g/mol. The van der Waals surface area contributed by atoms with E-state index in [1.807, 2.05) is 20.9 Å². The molecule has 0 fully saturated rings. The Bertz CT molecular complexity index is 298. The quantitative estimate of drug-likeness (QED) is 0.603. The molecule has 0 bridgehead atoms. The summed E-state index contributed by atoms with van der Waals surface area (Å²) in [6.07, 6.45) is 0.849. The molecule has 4 nitrogen and oxygen atoms in total. The standard InChI is InChI=1S/C9H16ClN3O/c1-4-7-9(10)8(13(3)12-7)6-11-14-5-2/h11H,4-6H2,1-3H3. The van der Waals surface area contributed by atoms with Gasteiger partial charge < -0.3 is 4.84 Å². The Morgan fingerprint density at radius 2 is 2.21 bits per heavy atom. The molecular formula is C9H16ClN3O. The Balaban J connectivity index is 2.70. The van der Waals surface area contributed by atoms with E-state index < -0.39 is 0 Å². The van der Waals surface area contributed by atoms with E-state index in [9.17, 15) is 0 Å². The van der Waals surface area contributed by atoms with Crippen molar-refractivity contribution in [2.45, 2.75) is 26.8 Å². The van der Waals surface area contributed by atoms with Gasteiger partial charge in [-0.15, -0.1) is 0 Å². The summed E-state index contributed by atoms with van der Waals surface area (Å²) in [6.45, 7) is 5.18. The summed E-state index contributed by atoms with van der Waals surface area (Å²) in [5.41, 5.74) is 4.71. The van der Waals surface area contributed by atoms with Crippen LogP contribution in [0.5, 0.6) is 0 Å². The van der Waals surface area contributed by atoms with Gasteiger partial charge in [0.2, 0.25) is 0 Å². The predicted molar refractivity (Wildman–Crippen MR) is 56.1 cm³/mol. The Labute approximate surface area is 89.1 Å². The van der Waals surface area contributed by atoms with E-state index in [-0.39, 0.29) is 0 Å². The average molecular weight is 218 g/mol. The van der Waals surface area contributed by atoms with Gasteiger partial charge in [0.1, 0.15) is 0 Å². The average Bonchev–Trinajstić information content (AvgIpc) is 2.45. The van der Waals surface area contributed by atoms with Crippen molar-refractivity contribution in [3.63, 3.8) is 0 Å². The van der Waals surface area contributed by atoms with Crippen molar-refractivity contribution in [2.24, 2.45) is 7.05 Å². The molecule has 0 spiro atoms. The third kappa shape index (κ3) is 2.47. The first-order valence-electron chi connectivity index (χ1n) is 4.75. The van der Waals surface area contributed by atoms with Gasteiger partial charge in [0, 0.05) is 7.05 Å². The second-order valence-electron chi connectivity index (χ2n) is 2.94. The molecule has 1 rings (SSSR count). The van der Waals surface area contributed by atoms with Crippen molar-refractivity contribution >= 4 is 11.6 Å². The third-order valence-corrected chi connectivity index (χ3v) is 2.43. The van der Waals surface area contributed by atoms with Crippen LogP contribution in [-0.4, -0.2) is 16.4 Å². The van der Waals surface area contributed by atoms with E-state index in [1.54, 1.807) is 4.68 Å². The van der Waals surface area contributed by atoms with Crippen LogP contribution in [0.2, 0.25) is 5.02 Å². The minimum absolute atomic E-state index is 0.580. The van der Waals surface area contributed by atoms with Crippen LogP contribution in [0.15, 0.2) is 0 Å². The Hall–Kier alpha value is -0.580. The van der Waals surface area contributed by atoms with E-state index in [1.165, 1.54) is 0 Å². The summed E-state index contributed by atoms with van der Waals surface area (Å²) in [5, 5.41) is 5.03. The lowest BCUT2D eigenvalue weighted by molar-refractivity contribution is 0.0450. The molecule has 1 aromatic rings. The largest absolute Gasteiger partial charge is 0.302 e. The van der Waals surface area contributed by atoms with E-state index >= 15 is 0 Å². The van der Waals surface area contributed by atoms with Crippen LogP contribution < -0.4 is 5.48 Å². The van der Waals surface area contributed by atoms with Gasteiger partial charge in [0.25, 0.3) is 0 Å². The van der Waals surface area contributed by atoms with Crippen LogP contribution in [0.4, 0.5) is 0 Å². The van der Waals surface area contributed by atoms with E-state index in [4.69, 9.17) is 16.4 Å². The fraction of sp³-hybridized carbons (Fsp3) is 0.667. The van der Waals surface area contributed by atoms with Crippen molar-refractivity contribution < 1.29 is 4.84 Å². The summed E-state index contributed by atoms with van der Waals surface area (Å²) < 4.78 is 1.78. The van der Waals surface area contributed by atoms with Crippen molar-refractivity contribution in [1.29, 1.82) is 0 Å². The van der Waals surface area contributed by atoms with Gasteiger partial charge in [-0.1, -0.05) is 18.5 Å².